The molecule has 0 aliphatic heterocycles. The van der Waals surface area contributed by atoms with Gasteiger partial charge in [-0.15, -0.1) is 0 Å². The van der Waals surface area contributed by atoms with Crippen LogP contribution in [0.15, 0.2) is 30.5 Å². The van der Waals surface area contributed by atoms with E-state index in [4.69, 9.17) is 22.1 Å². The molecule has 0 bridgehead atoms. The van der Waals surface area contributed by atoms with Gasteiger partial charge in [0.25, 0.3) is 0 Å². The molecule has 5 heteroatoms. The lowest BCUT2D eigenvalue weighted by Crippen LogP contribution is -1.99. The summed E-state index contributed by atoms with van der Waals surface area (Å²) in [6, 6.07) is 6.98. The number of aliphatic hydroxyl groups excluding tert-OH is 1. The van der Waals surface area contributed by atoms with Crippen LogP contribution in [-0.2, 0) is 6.61 Å². The second-order valence-corrected chi connectivity index (χ2v) is 4.17. The topological polar surface area (TPSA) is 68.4 Å². The molecule has 0 aliphatic rings. The molecule has 18 heavy (non-hydrogen) atoms. The van der Waals surface area contributed by atoms with E-state index in [1.165, 1.54) is 7.11 Å². The Morgan fingerprint density at radius 2 is 2.11 bits per heavy atom. The predicted molar refractivity (Wildman–Crippen MR) is 71.6 cm³/mol. The SMILES string of the molecule is COc1nccc(-c2cc(Cl)ccc2N)c1CO. The third kappa shape index (κ3) is 2.25. The van der Waals surface area contributed by atoms with Gasteiger partial charge in [0.05, 0.1) is 13.7 Å². The highest BCUT2D eigenvalue weighted by atomic mass is 35.5. The molecular formula is C13H13ClN2O2. The highest BCUT2D eigenvalue weighted by Gasteiger charge is 2.13. The van der Waals surface area contributed by atoms with Gasteiger partial charge in [0.15, 0.2) is 0 Å². The van der Waals surface area contributed by atoms with Crippen molar-refractivity contribution < 1.29 is 9.84 Å². The Kier molecular flexibility index (Phi) is 3.69. The predicted octanol–water partition coefficient (Wildman–Crippen LogP) is 2.49. The van der Waals surface area contributed by atoms with Crippen LogP contribution in [0.25, 0.3) is 11.1 Å². The molecule has 2 rings (SSSR count). The molecule has 4 nitrogen and oxygen atoms in total. The van der Waals surface area contributed by atoms with Crippen LogP contribution < -0.4 is 10.5 Å². The lowest BCUT2D eigenvalue weighted by molar-refractivity contribution is 0.272. The molecule has 0 fully saturated rings. The Hall–Kier alpha value is -1.78. The maximum Gasteiger partial charge on any atom is 0.219 e. The summed E-state index contributed by atoms with van der Waals surface area (Å²) in [6.07, 6.45) is 1.60. The molecule has 2 aromatic rings. The maximum atomic E-state index is 9.46. The molecule has 0 spiro atoms. The zero-order chi connectivity index (χ0) is 13.1. The number of aliphatic hydroxyl groups is 1. The Morgan fingerprint density at radius 3 is 2.78 bits per heavy atom. The number of benzene rings is 1. The van der Waals surface area contributed by atoms with Crippen LogP contribution in [0.5, 0.6) is 5.88 Å². The summed E-state index contributed by atoms with van der Waals surface area (Å²) in [4.78, 5) is 4.05. The van der Waals surface area contributed by atoms with Gasteiger partial charge in [-0.1, -0.05) is 11.6 Å². The van der Waals surface area contributed by atoms with Crippen molar-refractivity contribution in [1.29, 1.82) is 0 Å². The summed E-state index contributed by atoms with van der Waals surface area (Å²) < 4.78 is 5.12. The van der Waals surface area contributed by atoms with E-state index in [0.717, 1.165) is 11.1 Å². The normalized spacial score (nSPS) is 10.4. The van der Waals surface area contributed by atoms with Gasteiger partial charge in [-0.3, -0.25) is 0 Å². The monoisotopic (exact) mass is 264 g/mol. The van der Waals surface area contributed by atoms with Gasteiger partial charge in [0.2, 0.25) is 5.88 Å². The summed E-state index contributed by atoms with van der Waals surface area (Å²) >= 11 is 5.97. The summed E-state index contributed by atoms with van der Waals surface area (Å²) in [5.74, 6) is 0.384. The standard InChI is InChI=1S/C13H13ClN2O2/c1-18-13-11(7-17)9(4-5-16-13)10-6-8(14)2-3-12(10)15/h2-6,17H,7,15H2,1H3. The first-order valence-corrected chi connectivity index (χ1v) is 5.73. The Morgan fingerprint density at radius 1 is 1.33 bits per heavy atom. The Bertz CT molecular complexity index is 573. The summed E-state index contributed by atoms with van der Waals surface area (Å²) in [6.45, 7) is -0.182. The van der Waals surface area contributed by atoms with E-state index in [1.54, 1.807) is 30.5 Å². The smallest absolute Gasteiger partial charge is 0.219 e. The minimum atomic E-state index is -0.182. The van der Waals surface area contributed by atoms with E-state index in [1.807, 2.05) is 0 Å². The van der Waals surface area contributed by atoms with E-state index < -0.39 is 0 Å². The molecule has 0 atom stereocenters. The number of hydrogen-bond acceptors (Lipinski definition) is 4. The van der Waals surface area contributed by atoms with Crippen LogP contribution in [0.3, 0.4) is 0 Å². The van der Waals surface area contributed by atoms with Gasteiger partial charge in [-0.25, -0.2) is 4.98 Å². The molecule has 1 aromatic carbocycles. The number of rotatable bonds is 3. The lowest BCUT2D eigenvalue weighted by Gasteiger charge is -2.13. The van der Waals surface area contributed by atoms with Crippen molar-refractivity contribution >= 4 is 17.3 Å². The minimum absolute atomic E-state index is 0.182. The number of methoxy groups -OCH3 is 1. The van der Waals surface area contributed by atoms with E-state index in [9.17, 15) is 5.11 Å². The average Bonchev–Trinajstić information content (AvgIpc) is 2.40. The number of hydrogen-bond donors (Lipinski definition) is 2. The molecule has 0 aliphatic carbocycles. The summed E-state index contributed by atoms with van der Waals surface area (Å²) in [5, 5.41) is 10.0. The fraction of sp³-hybridized carbons (Fsp3) is 0.154. The van der Waals surface area contributed by atoms with Crippen LogP contribution in [0.1, 0.15) is 5.56 Å². The minimum Gasteiger partial charge on any atom is -0.481 e. The molecule has 0 radical (unpaired) electrons. The first kappa shape index (κ1) is 12.7. The van der Waals surface area contributed by atoms with Crippen LogP contribution in [0.4, 0.5) is 5.69 Å². The third-order valence-electron chi connectivity index (χ3n) is 2.67. The van der Waals surface area contributed by atoms with Gasteiger partial charge in [-0.2, -0.15) is 0 Å². The average molecular weight is 265 g/mol. The van der Waals surface area contributed by atoms with Crippen molar-refractivity contribution in [3.05, 3.63) is 41.0 Å². The van der Waals surface area contributed by atoms with Crippen LogP contribution in [0.2, 0.25) is 5.02 Å². The third-order valence-corrected chi connectivity index (χ3v) is 2.91. The van der Waals surface area contributed by atoms with Crippen molar-refractivity contribution in [2.75, 3.05) is 12.8 Å². The van der Waals surface area contributed by atoms with Crippen molar-refractivity contribution in [2.45, 2.75) is 6.61 Å². The van der Waals surface area contributed by atoms with Crippen LogP contribution in [-0.4, -0.2) is 17.2 Å². The van der Waals surface area contributed by atoms with Crippen molar-refractivity contribution in [3.8, 4) is 17.0 Å². The van der Waals surface area contributed by atoms with E-state index in [0.29, 0.717) is 22.2 Å². The molecule has 0 amide bonds. The number of ether oxygens (including phenoxy) is 1. The Balaban J connectivity index is 2.66. The Labute approximate surface area is 110 Å². The lowest BCUT2D eigenvalue weighted by atomic mass is 10.00. The molecular weight excluding hydrogens is 252 g/mol. The number of anilines is 1. The number of nitrogen functional groups attached to an aromatic ring is 1. The molecule has 0 saturated heterocycles. The van der Waals surface area contributed by atoms with E-state index >= 15 is 0 Å². The molecule has 3 N–H and O–H groups in total. The van der Waals surface area contributed by atoms with E-state index in [-0.39, 0.29) is 6.61 Å². The fourth-order valence-electron chi connectivity index (χ4n) is 1.82. The highest BCUT2D eigenvalue weighted by Crippen LogP contribution is 2.34. The van der Waals surface area contributed by atoms with Crippen LogP contribution in [0, 0.1) is 0 Å². The number of pyridine rings is 1. The zero-order valence-electron chi connectivity index (χ0n) is 9.85. The number of nitrogens with two attached hydrogens (primary N) is 1. The fourth-order valence-corrected chi connectivity index (χ4v) is 1.99. The molecule has 0 unspecified atom stereocenters. The van der Waals surface area contributed by atoms with Gasteiger partial charge in [0.1, 0.15) is 0 Å². The first-order valence-electron chi connectivity index (χ1n) is 5.35. The van der Waals surface area contributed by atoms with Gasteiger partial charge in [0, 0.05) is 28.0 Å². The van der Waals surface area contributed by atoms with Gasteiger partial charge >= 0.3 is 0 Å². The maximum absolute atomic E-state index is 9.46. The van der Waals surface area contributed by atoms with Crippen molar-refractivity contribution in [1.82, 2.24) is 4.98 Å². The molecule has 1 aromatic heterocycles. The molecule has 1 heterocycles. The summed E-state index contributed by atoms with van der Waals surface area (Å²) in [7, 11) is 1.51. The second kappa shape index (κ2) is 5.25. The molecule has 94 valence electrons. The number of aromatic nitrogens is 1. The summed E-state index contributed by atoms with van der Waals surface area (Å²) in [5.41, 5.74) is 8.64. The zero-order valence-corrected chi connectivity index (χ0v) is 10.6. The van der Waals surface area contributed by atoms with Gasteiger partial charge < -0.3 is 15.6 Å². The first-order chi connectivity index (χ1) is 8.67. The van der Waals surface area contributed by atoms with Crippen molar-refractivity contribution in [2.24, 2.45) is 0 Å². The largest absolute Gasteiger partial charge is 0.481 e. The number of halogens is 1. The second-order valence-electron chi connectivity index (χ2n) is 3.74. The molecule has 0 saturated carbocycles. The highest BCUT2D eigenvalue weighted by molar-refractivity contribution is 6.31. The number of nitrogens with zero attached hydrogens (tertiary/aromatic N) is 1. The van der Waals surface area contributed by atoms with Crippen LogP contribution >= 0.6 is 11.6 Å². The van der Waals surface area contributed by atoms with E-state index in [2.05, 4.69) is 4.98 Å². The quantitative estimate of drug-likeness (QED) is 0.836. The van der Waals surface area contributed by atoms with Crippen molar-refractivity contribution in [3.63, 3.8) is 0 Å². The van der Waals surface area contributed by atoms with Gasteiger partial charge in [-0.05, 0) is 29.8 Å².